The van der Waals surface area contributed by atoms with Gasteiger partial charge in [-0.2, -0.15) is 5.10 Å². The largest absolute Gasteiger partial charge is 0.466 e. The maximum absolute atomic E-state index is 5.69. The number of aromatic nitrogens is 2. The Labute approximate surface area is 121 Å². The van der Waals surface area contributed by atoms with Crippen molar-refractivity contribution < 1.29 is 4.42 Å². The molecule has 4 nitrogen and oxygen atoms in total. The lowest BCUT2D eigenvalue weighted by Crippen LogP contribution is -2.20. The second kappa shape index (κ2) is 6.27. The lowest BCUT2D eigenvalue weighted by atomic mass is 10.0. The van der Waals surface area contributed by atoms with Gasteiger partial charge in [-0.25, -0.2) is 0 Å². The molecule has 0 aromatic carbocycles. The zero-order valence-electron chi connectivity index (χ0n) is 13.2. The van der Waals surface area contributed by atoms with Gasteiger partial charge in [0.15, 0.2) is 0 Å². The summed E-state index contributed by atoms with van der Waals surface area (Å²) in [7, 11) is 4.13. The highest BCUT2D eigenvalue weighted by Gasteiger charge is 2.12. The summed E-state index contributed by atoms with van der Waals surface area (Å²) in [5.74, 6) is 2.54. The fourth-order valence-electron chi connectivity index (χ4n) is 2.45. The summed E-state index contributed by atoms with van der Waals surface area (Å²) in [6.45, 7) is 8.28. The van der Waals surface area contributed by atoms with Crippen molar-refractivity contribution in [3.05, 3.63) is 41.1 Å². The van der Waals surface area contributed by atoms with E-state index in [-0.39, 0.29) is 0 Å². The first-order valence-electron chi connectivity index (χ1n) is 7.19. The summed E-state index contributed by atoms with van der Waals surface area (Å²) in [5, 5.41) is 4.38. The van der Waals surface area contributed by atoms with Gasteiger partial charge in [-0.05, 0) is 46.0 Å². The van der Waals surface area contributed by atoms with Gasteiger partial charge < -0.3 is 9.32 Å². The monoisotopic (exact) mass is 275 g/mol. The Balaban J connectivity index is 1.83. The SMILES string of the molecule is Cc1ccc(C(C)CCN(C)Cc2cn(C)nc2C)o1. The van der Waals surface area contributed by atoms with Crippen molar-refractivity contribution in [2.45, 2.75) is 39.7 Å². The first-order valence-corrected chi connectivity index (χ1v) is 7.19. The third-order valence-corrected chi connectivity index (χ3v) is 3.75. The quantitative estimate of drug-likeness (QED) is 0.811. The molecule has 0 radical (unpaired) electrons. The van der Waals surface area contributed by atoms with Crippen molar-refractivity contribution in [3.8, 4) is 0 Å². The third-order valence-electron chi connectivity index (χ3n) is 3.75. The van der Waals surface area contributed by atoms with Gasteiger partial charge in [-0.15, -0.1) is 0 Å². The van der Waals surface area contributed by atoms with E-state index in [1.165, 1.54) is 5.56 Å². The number of aryl methyl sites for hydroxylation is 3. The van der Waals surface area contributed by atoms with Gasteiger partial charge in [0.05, 0.1) is 5.69 Å². The number of hydrogen-bond acceptors (Lipinski definition) is 3. The minimum atomic E-state index is 0.459. The van der Waals surface area contributed by atoms with E-state index in [2.05, 4.69) is 43.2 Å². The van der Waals surface area contributed by atoms with Crippen molar-refractivity contribution in [1.29, 1.82) is 0 Å². The lowest BCUT2D eigenvalue weighted by Gasteiger charge is -2.18. The van der Waals surface area contributed by atoms with Gasteiger partial charge in [0, 0.05) is 31.3 Å². The van der Waals surface area contributed by atoms with Gasteiger partial charge in [-0.1, -0.05) is 6.92 Å². The van der Waals surface area contributed by atoms with Crippen LogP contribution in [0.2, 0.25) is 0 Å². The Morgan fingerprint density at radius 3 is 2.65 bits per heavy atom. The smallest absolute Gasteiger partial charge is 0.107 e. The van der Waals surface area contributed by atoms with Crippen LogP contribution in [-0.2, 0) is 13.6 Å². The summed E-state index contributed by atoms with van der Waals surface area (Å²) in [4.78, 5) is 2.34. The van der Waals surface area contributed by atoms with Crippen molar-refractivity contribution in [2.75, 3.05) is 13.6 Å². The predicted octanol–water partition coefficient (Wildman–Crippen LogP) is 3.26. The Hall–Kier alpha value is -1.55. The van der Waals surface area contributed by atoms with Gasteiger partial charge in [0.25, 0.3) is 0 Å². The Morgan fingerprint density at radius 2 is 2.10 bits per heavy atom. The van der Waals surface area contributed by atoms with Crippen molar-refractivity contribution in [3.63, 3.8) is 0 Å². The van der Waals surface area contributed by atoms with E-state index in [4.69, 9.17) is 4.42 Å². The van der Waals surface area contributed by atoms with Crippen LogP contribution < -0.4 is 0 Å². The maximum Gasteiger partial charge on any atom is 0.107 e. The molecule has 1 atom stereocenters. The summed E-state index contributed by atoms with van der Waals surface area (Å²) in [6, 6.07) is 4.12. The van der Waals surface area contributed by atoms with Crippen LogP contribution in [0.1, 0.15) is 42.0 Å². The first-order chi connectivity index (χ1) is 9.45. The van der Waals surface area contributed by atoms with Crippen LogP contribution in [0.3, 0.4) is 0 Å². The van der Waals surface area contributed by atoms with Crippen LogP contribution in [-0.4, -0.2) is 28.3 Å². The number of nitrogens with zero attached hydrogens (tertiary/aromatic N) is 3. The van der Waals surface area contributed by atoms with Crippen LogP contribution in [0.25, 0.3) is 0 Å². The zero-order valence-corrected chi connectivity index (χ0v) is 13.2. The van der Waals surface area contributed by atoms with E-state index in [0.717, 1.165) is 36.7 Å². The molecule has 0 aliphatic heterocycles. The first kappa shape index (κ1) is 14.9. The molecule has 0 amide bonds. The molecular weight excluding hydrogens is 250 g/mol. The van der Waals surface area contributed by atoms with Crippen molar-refractivity contribution in [1.82, 2.24) is 14.7 Å². The second-order valence-corrected chi connectivity index (χ2v) is 5.79. The molecule has 2 aromatic rings. The average Bonchev–Trinajstić information content (AvgIpc) is 2.93. The molecule has 0 spiro atoms. The average molecular weight is 275 g/mol. The highest BCUT2D eigenvalue weighted by Crippen LogP contribution is 2.21. The van der Waals surface area contributed by atoms with E-state index in [0.29, 0.717) is 5.92 Å². The predicted molar refractivity (Wildman–Crippen MR) is 80.8 cm³/mol. The molecule has 0 saturated heterocycles. The molecule has 2 rings (SSSR count). The van der Waals surface area contributed by atoms with Gasteiger partial charge in [-0.3, -0.25) is 4.68 Å². The van der Waals surface area contributed by atoms with Gasteiger partial charge in [0.2, 0.25) is 0 Å². The molecule has 110 valence electrons. The molecule has 0 fully saturated rings. The van der Waals surface area contributed by atoms with E-state index in [1.807, 2.05) is 24.7 Å². The number of furan rings is 1. The Bertz CT molecular complexity index is 556. The number of rotatable bonds is 6. The molecule has 0 saturated carbocycles. The molecular formula is C16H25N3O. The summed E-state index contributed by atoms with van der Waals surface area (Å²) >= 11 is 0. The third kappa shape index (κ3) is 3.73. The Kier molecular flexibility index (Phi) is 4.65. The minimum absolute atomic E-state index is 0.459. The fraction of sp³-hybridized carbons (Fsp3) is 0.562. The molecule has 1 unspecified atom stereocenters. The fourth-order valence-corrected chi connectivity index (χ4v) is 2.45. The maximum atomic E-state index is 5.69. The Morgan fingerprint density at radius 1 is 1.35 bits per heavy atom. The summed E-state index contributed by atoms with van der Waals surface area (Å²) in [5.41, 5.74) is 2.42. The molecule has 4 heteroatoms. The van der Waals surface area contributed by atoms with Crippen LogP contribution in [0, 0.1) is 13.8 Å². The molecule has 0 bridgehead atoms. The van der Waals surface area contributed by atoms with E-state index in [9.17, 15) is 0 Å². The van der Waals surface area contributed by atoms with Gasteiger partial charge >= 0.3 is 0 Å². The molecule has 0 N–H and O–H groups in total. The molecule has 0 aliphatic carbocycles. The van der Waals surface area contributed by atoms with Gasteiger partial charge in [0.1, 0.15) is 11.5 Å². The van der Waals surface area contributed by atoms with Crippen LogP contribution >= 0.6 is 0 Å². The lowest BCUT2D eigenvalue weighted by molar-refractivity contribution is 0.304. The molecule has 2 aromatic heterocycles. The summed E-state index contributed by atoms with van der Waals surface area (Å²) in [6.07, 6.45) is 3.20. The van der Waals surface area contributed by atoms with Crippen LogP contribution in [0.5, 0.6) is 0 Å². The molecule has 0 aliphatic rings. The standard InChI is InChI=1S/C16H25N3O/c1-12(16-7-6-13(2)20-16)8-9-18(4)10-15-11-19(5)17-14(15)3/h6-7,11-12H,8-10H2,1-5H3. The number of hydrogen-bond donors (Lipinski definition) is 0. The summed E-state index contributed by atoms with van der Waals surface area (Å²) < 4.78 is 7.57. The zero-order chi connectivity index (χ0) is 14.7. The topological polar surface area (TPSA) is 34.2 Å². The van der Waals surface area contributed by atoms with Crippen LogP contribution in [0.4, 0.5) is 0 Å². The highest BCUT2D eigenvalue weighted by molar-refractivity contribution is 5.15. The van der Waals surface area contributed by atoms with E-state index >= 15 is 0 Å². The second-order valence-electron chi connectivity index (χ2n) is 5.79. The normalized spacial score (nSPS) is 13.1. The highest BCUT2D eigenvalue weighted by atomic mass is 16.3. The minimum Gasteiger partial charge on any atom is -0.466 e. The van der Waals surface area contributed by atoms with Crippen LogP contribution in [0.15, 0.2) is 22.7 Å². The molecule has 20 heavy (non-hydrogen) atoms. The van der Waals surface area contributed by atoms with E-state index in [1.54, 1.807) is 0 Å². The van der Waals surface area contributed by atoms with Crippen molar-refractivity contribution in [2.24, 2.45) is 7.05 Å². The van der Waals surface area contributed by atoms with E-state index < -0.39 is 0 Å². The van der Waals surface area contributed by atoms with Crippen molar-refractivity contribution >= 4 is 0 Å². The molecule has 2 heterocycles.